The molecular weight excluding hydrogens is 267 g/mol. The highest BCUT2D eigenvalue weighted by molar-refractivity contribution is 5.74. The molecule has 0 spiro atoms. The molecule has 20 heavy (non-hydrogen) atoms. The van der Waals surface area contributed by atoms with Gasteiger partial charge in [-0.3, -0.25) is 14.9 Å². The molecule has 7 heteroatoms. The lowest BCUT2D eigenvalue weighted by Crippen LogP contribution is -1.97. The lowest BCUT2D eigenvalue weighted by Gasteiger charge is -2.07. The predicted molar refractivity (Wildman–Crippen MR) is 67.5 cm³/mol. The summed E-state index contributed by atoms with van der Waals surface area (Å²) >= 11 is 0. The molecule has 0 aliphatic heterocycles. The second kappa shape index (κ2) is 5.43. The fraction of sp³-hybridized carbons (Fsp3) is 0.0769. The zero-order chi connectivity index (χ0) is 14.7. The zero-order valence-electron chi connectivity index (χ0n) is 10.4. The largest absolute Gasteiger partial charge is 0.436 e. The van der Waals surface area contributed by atoms with Crippen molar-refractivity contribution in [3.63, 3.8) is 0 Å². The number of nitrogens with zero attached hydrogens (tertiary/aromatic N) is 2. The van der Waals surface area contributed by atoms with Crippen LogP contribution >= 0.6 is 0 Å². The molecule has 1 heterocycles. The maximum absolute atomic E-state index is 13.7. The topological polar surface area (TPSA) is 82.3 Å². The Morgan fingerprint density at radius 1 is 1.40 bits per heavy atom. The molecule has 6 nitrogen and oxygen atoms in total. The van der Waals surface area contributed by atoms with Crippen LogP contribution < -0.4 is 4.74 Å². The van der Waals surface area contributed by atoms with Crippen molar-refractivity contribution in [1.82, 2.24) is 4.98 Å². The lowest BCUT2D eigenvalue weighted by molar-refractivity contribution is -0.385. The van der Waals surface area contributed by atoms with E-state index >= 15 is 0 Å². The van der Waals surface area contributed by atoms with E-state index in [9.17, 15) is 19.3 Å². The summed E-state index contributed by atoms with van der Waals surface area (Å²) in [6, 6.07) is 4.89. The number of halogens is 1. The molecule has 1 aromatic heterocycles. The number of pyridine rings is 1. The molecule has 1 aromatic carbocycles. The van der Waals surface area contributed by atoms with Crippen molar-refractivity contribution in [1.29, 1.82) is 0 Å². The van der Waals surface area contributed by atoms with E-state index in [0.717, 1.165) is 6.07 Å². The monoisotopic (exact) mass is 276 g/mol. The van der Waals surface area contributed by atoms with Crippen molar-refractivity contribution in [3.8, 4) is 11.6 Å². The average Bonchev–Trinajstić information content (AvgIpc) is 2.43. The first-order valence-corrected chi connectivity index (χ1v) is 5.55. The fourth-order valence-corrected chi connectivity index (χ4v) is 1.55. The lowest BCUT2D eigenvalue weighted by atomic mass is 10.2. The molecule has 0 bridgehead atoms. The molecule has 0 saturated carbocycles. The molecule has 0 radical (unpaired) electrons. The summed E-state index contributed by atoms with van der Waals surface area (Å²) in [4.78, 5) is 24.3. The summed E-state index contributed by atoms with van der Waals surface area (Å²) in [6.45, 7) is 1.48. The molecule has 0 amide bonds. The SMILES string of the molecule is Cc1cc(Oc2ccc(C=O)cn2)c(F)cc1[N+](=O)[O-]. The molecule has 2 aromatic rings. The average molecular weight is 276 g/mol. The third-order valence-corrected chi connectivity index (χ3v) is 2.56. The van der Waals surface area contributed by atoms with Gasteiger partial charge >= 0.3 is 0 Å². The highest BCUT2D eigenvalue weighted by Gasteiger charge is 2.17. The van der Waals surface area contributed by atoms with E-state index in [4.69, 9.17) is 4.74 Å². The van der Waals surface area contributed by atoms with Crippen molar-refractivity contribution in [3.05, 3.63) is 57.5 Å². The number of hydrogen-bond acceptors (Lipinski definition) is 5. The van der Waals surface area contributed by atoms with Crippen LogP contribution in [-0.4, -0.2) is 16.2 Å². The minimum absolute atomic E-state index is 0.0859. The fourth-order valence-electron chi connectivity index (χ4n) is 1.55. The Morgan fingerprint density at radius 2 is 2.15 bits per heavy atom. The van der Waals surface area contributed by atoms with Gasteiger partial charge in [-0.2, -0.15) is 0 Å². The normalized spacial score (nSPS) is 10.1. The van der Waals surface area contributed by atoms with Gasteiger partial charge in [-0.25, -0.2) is 9.37 Å². The molecule has 0 unspecified atom stereocenters. The van der Waals surface area contributed by atoms with E-state index in [1.165, 1.54) is 31.3 Å². The van der Waals surface area contributed by atoms with Crippen LogP contribution in [-0.2, 0) is 0 Å². The molecule has 0 atom stereocenters. The number of carbonyl (C=O) groups excluding carboxylic acids is 1. The minimum atomic E-state index is -0.858. The Bertz CT molecular complexity index is 671. The molecule has 0 aliphatic carbocycles. The Hall–Kier alpha value is -2.83. The van der Waals surface area contributed by atoms with Crippen LogP contribution in [0, 0.1) is 22.9 Å². The molecule has 0 fully saturated rings. The van der Waals surface area contributed by atoms with Gasteiger partial charge in [0.05, 0.1) is 11.0 Å². The van der Waals surface area contributed by atoms with Crippen LogP contribution in [0.1, 0.15) is 15.9 Å². The first-order chi connectivity index (χ1) is 9.51. The third kappa shape index (κ3) is 2.77. The van der Waals surface area contributed by atoms with E-state index in [-0.39, 0.29) is 22.9 Å². The standard InChI is InChI=1S/C13H9FN2O4/c1-8-4-12(10(14)5-11(8)16(18)19)20-13-3-2-9(7-17)6-15-13/h2-7H,1H3. The highest BCUT2D eigenvalue weighted by Crippen LogP contribution is 2.29. The van der Waals surface area contributed by atoms with Crippen LogP contribution in [0.2, 0.25) is 0 Å². The van der Waals surface area contributed by atoms with E-state index < -0.39 is 10.7 Å². The van der Waals surface area contributed by atoms with Crippen molar-refractivity contribution < 1.29 is 18.8 Å². The quantitative estimate of drug-likeness (QED) is 0.487. The molecule has 2 rings (SSSR count). The zero-order valence-corrected chi connectivity index (χ0v) is 10.4. The number of aldehydes is 1. The summed E-state index contributed by atoms with van der Waals surface area (Å²) in [5.74, 6) is -0.939. The van der Waals surface area contributed by atoms with Crippen molar-refractivity contribution >= 4 is 12.0 Å². The van der Waals surface area contributed by atoms with Crippen LogP contribution in [0.4, 0.5) is 10.1 Å². The Balaban J connectivity index is 2.31. The van der Waals surface area contributed by atoms with E-state index in [1.54, 1.807) is 0 Å². The Morgan fingerprint density at radius 3 is 2.70 bits per heavy atom. The number of rotatable bonds is 4. The highest BCUT2D eigenvalue weighted by atomic mass is 19.1. The van der Waals surface area contributed by atoms with Gasteiger partial charge in [0.25, 0.3) is 5.69 Å². The summed E-state index contributed by atoms with van der Waals surface area (Å²) in [5.41, 5.74) is 0.313. The number of benzene rings is 1. The maximum Gasteiger partial charge on any atom is 0.275 e. The summed E-state index contributed by atoms with van der Waals surface area (Å²) < 4.78 is 18.9. The molecule has 0 saturated heterocycles. The van der Waals surface area contributed by atoms with Gasteiger partial charge in [-0.05, 0) is 19.1 Å². The minimum Gasteiger partial charge on any atom is -0.436 e. The first-order valence-electron chi connectivity index (χ1n) is 5.55. The number of carbonyl (C=O) groups is 1. The van der Waals surface area contributed by atoms with Gasteiger partial charge in [0.2, 0.25) is 5.88 Å². The summed E-state index contributed by atoms with van der Waals surface area (Å²) in [7, 11) is 0. The van der Waals surface area contributed by atoms with Gasteiger partial charge in [0.15, 0.2) is 17.9 Å². The van der Waals surface area contributed by atoms with Gasteiger partial charge in [-0.1, -0.05) is 0 Å². The van der Waals surface area contributed by atoms with Gasteiger partial charge in [-0.15, -0.1) is 0 Å². The molecular formula is C13H9FN2O4. The van der Waals surface area contributed by atoms with Gasteiger partial charge in [0.1, 0.15) is 0 Å². The van der Waals surface area contributed by atoms with Crippen molar-refractivity contribution in [2.45, 2.75) is 6.92 Å². The smallest absolute Gasteiger partial charge is 0.275 e. The number of hydrogen-bond donors (Lipinski definition) is 0. The van der Waals surface area contributed by atoms with Crippen LogP contribution in [0.3, 0.4) is 0 Å². The number of nitro benzene ring substituents is 1. The second-order valence-corrected chi connectivity index (χ2v) is 3.98. The van der Waals surface area contributed by atoms with Crippen LogP contribution in [0.5, 0.6) is 11.6 Å². The third-order valence-electron chi connectivity index (χ3n) is 2.56. The van der Waals surface area contributed by atoms with E-state index in [2.05, 4.69) is 4.98 Å². The maximum atomic E-state index is 13.7. The number of aromatic nitrogens is 1. The summed E-state index contributed by atoms with van der Waals surface area (Å²) in [6.07, 6.45) is 1.89. The number of aryl methyl sites for hydroxylation is 1. The van der Waals surface area contributed by atoms with E-state index in [0.29, 0.717) is 11.8 Å². The Labute approximate surface area is 113 Å². The molecule has 0 N–H and O–H groups in total. The van der Waals surface area contributed by atoms with Gasteiger partial charge in [0, 0.05) is 23.4 Å². The molecule has 102 valence electrons. The summed E-state index contributed by atoms with van der Waals surface area (Å²) in [5, 5.41) is 10.7. The Kier molecular flexibility index (Phi) is 3.69. The second-order valence-electron chi connectivity index (χ2n) is 3.98. The van der Waals surface area contributed by atoms with Crippen molar-refractivity contribution in [2.24, 2.45) is 0 Å². The van der Waals surface area contributed by atoms with Gasteiger partial charge < -0.3 is 4.74 Å². The van der Waals surface area contributed by atoms with Crippen LogP contribution in [0.25, 0.3) is 0 Å². The molecule has 0 aliphatic rings. The van der Waals surface area contributed by atoms with E-state index in [1.807, 2.05) is 0 Å². The number of ether oxygens (including phenoxy) is 1. The first kappa shape index (κ1) is 13.6. The van der Waals surface area contributed by atoms with Crippen LogP contribution in [0.15, 0.2) is 30.5 Å². The predicted octanol–water partition coefficient (Wildman–Crippen LogP) is 3.04. The van der Waals surface area contributed by atoms with Crippen molar-refractivity contribution in [2.75, 3.05) is 0 Å². The number of nitro groups is 1.